The molecule has 16 heteroatoms. The summed E-state index contributed by atoms with van der Waals surface area (Å²) in [6.45, 7) is 2.26. The number of rotatable bonds is 7. The molecule has 2 saturated heterocycles. The van der Waals surface area contributed by atoms with Crippen molar-refractivity contribution in [1.29, 1.82) is 0 Å². The molecule has 1 atom stereocenters. The molecule has 55 heavy (non-hydrogen) atoms. The second kappa shape index (κ2) is 14.4. The second-order valence-electron chi connectivity index (χ2n) is 14.3. The van der Waals surface area contributed by atoms with Crippen LogP contribution in [0, 0.1) is 0 Å². The van der Waals surface area contributed by atoms with Crippen LogP contribution in [0.5, 0.6) is 5.88 Å². The molecule has 1 unspecified atom stereocenters. The second-order valence-corrected chi connectivity index (χ2v) is 14.3. The van der Waals surface area contributed by atoms with Crippen molar-refractivity contribution in [3.8, 4) is 5.88 Å². The van der Waals surface area contributed by atoms with Gasteiger partial charge in [0.25, 0.3) is 5.91 Å². The zero-order valence-electron chi connectivity index (χ0n) is 29.8. The standard InChI is InChI=1S/C39H38F6N8O2/c1-55-35-9-8-34-48-33(23-52(34)49-35)37(54)51-18-13-25(14-19-51)29-7-6-26(20-32(29)39(43,44)45)30-10-15-46-53-22-27(47-36(30)53)21-50-16-11-24(12-17-50)28-4-2-3-5-31(28)38(40,41)42/h2-10,15,20,22-25,36,47H,11-14,16-19,21H2,1H3. The molecule has 288 valence electrons. The van der Waals surface area contributed by atoms with E-state index in [2.05, 4.69) is 25.4 Å². The largest absolute Gasteiger partial charge is 0.480 e. The van der Waals surface area contributed by atoms with Gasteiger partial charge in [0, 0.05) is 49.4 Å². The molecular weight excluding hydrogens is 726 g/mol. The minimum absolute atomic E-state index is 0.197. The summed E-state index contributed by atoms with van der Waals surface area (Å²) in [6, 6.07) is 13.6. The van der Waals surface area contributed by atoms with Crippen LogP contribution in [0.2, 0.25) is 0 Å². The molecule has 8 rings (SSSR count). The van der Waals surface area contributed by atoms with E-state index in [1.54, 1.807) is 58.6 Å². The van der Waals surface area contributed by atoms with Crippen molar-refractivity contribution in [1.82, 2.24) is 34.7 Å². The van der Waals surface area contributed by atoms with Crippen LogP contribution in [0.1, 0.15) is 75.8 Å². The monoisotopic (exact) mass is 764 g/mol. The normalized spacial score (nSPS) is 20.0. The van der Waals surface area contributed by atoms with Crippen molar-refractivity contribution < 1.29 is 35.9 Å². The number of benzene rings is 2. The van der Waals surface area contributed by atoms with Gasteiger partial charge in [0.2, 0.25) is 5.88 Å². The third-order valence-electron chi connectivity index (χ3n) is 10.9. The highest BCUT2D eigenvalue weighted by molar-refractivity contribution is 5.93. The van der Waals surface area contributed by atoms with E-state index in [1.165, 1.54) is 30.0 Å². The molecule has 0 spiro atoms. The maximum atomic E-state index is 14.7. The summed E-state index contributed by atoms with van der Waals surface area (Å²) in [6.07, 6.45) is -1.05. The number of amides is 1. The van der Waals surface area contributed by atoms with Gasteiger partial charge in [0.1, 0.15) is 11.9 Å². The quantitative estimate of drug-likeness (QED) is 0.201. The van der Waals surface area contributed by atoms with E-state index in [4.69, 9.17) is 4.74 Å². The van der Waals surface area contributed by atoms with Crippen molar-refractivity contribution in [2.45, 2.75) is 56.0 Å². The number of piperidine rings is 2. The Hall–Kier alpha value is -5.38. The first-order valence-corrected chi connectivity index (χ1v) is 18.1. The zero-order valence-corrected chi connectivity index (χ0v) is 29.8. The van der Waals surface area contributed by atoms with Gasteiger partial charge in [-0.25, -0.2) is 14.5 Å². The van der Waals surface area contributed by atoms with Gasteiger partial charge in [0.15, 0.2) is 5.65 Å². The highest BCUT2D eigenvalue weighted by Crippen LogP contribution is 2.42. The van der Waals surface area contributed by atoms with Crippen LogP contribution in [0.15, 0.2) is 83.9 Å². The third-order valence-corrected chi connectivity index (χ3v) is 10.9. The Bertz CT molecular complexity index is 2180. The lowest BCUT2D eigenvalue weighted by molar-refractivity contribution is -0.139. The first-order chi connectivity index (χ1) is 26.4. The number of hydrogen-bond acceptors (Lipinski definition) is 8. The molecule has 4 aromatic rings. The number of aromatic nitrogens is 3. The van der Waals surface area contributed by atoms with Gasteiger partial charge in [-0.2, -0.15) is 31.4 Å². The zero-order chi connectivity index (χ0) is 38.5. The SMILES string of the molecule is COc1ccc2nc(C(=O)N3CCC(c4ccc(C5=CC=NN6C=C(CN7CCC(c8ccccc8C(F)(F)F)CC7)NC56)cc4C(F)(F)F)CC3)cn2n1. The van der Waals surface area contributed by atoms with Gasteiger partial charge in [-0.15, -0.1) is 5.10 Å². The molecule has 0 aliphatic carbocycles. The van der Waals surface area contributed by atoms with Crippen molar-refractivity contribution in [2.24, 2.45) is 5.10 Å². The number of alkyl halides is 6. The van der Waals surface area contributed by atoms with E-state index < -0.39 is 35.6 Å². The smallest absolute Gasteiger partial charge is 0.416 e. The molecule has 2 aromatic carbocycles. The minimum Gasteiger partial charge on any atom is -0.480 e. The number of fused-ring (bicyclic) bond motifs is 2. The van der Waals surface area contributed by atoms with Gasteiger partial charge in [-0.3, -0.25) is 9.69 Å². The molecule has 6 heterocycles. The highest BCUT2D eigenvalue weighted by atomic mass is 19.4. The molecule has 4 aliphatic rings. The third kappa shape index (κ3) is 7.39. The first-order valence-electron chi connectivity index (χ1n) is 18.1. The number of ether oxygens (including phenoxy) is 1. The van der Waals surface area contributed by atoms with Crippen molar-refractivity contribution in [2.75, 3.05) is 39.8 Å². The molecule has 0 saturated carbocycles. The summed E-state index contributed by atoms with van der Waals surface area (Å²) in [5.74, 6) is -0.537. The molecule has 4 aliphatic heterocycles. The molecule has 2 aromatic heterocycles. The fourth-order valence-corrected chi connectivity index (χ4v) is 8.18. The summed E-state index contributed by atoms with van der Waals surface area (Å²) in [7, 11) is 1.49. The van der Waals surface area contributed by atoms with E-state index in [9.17, 15) is 31.1 Å². The Morgan fingerprint density at radius 3 is 2.27 bits per heavy atom. The van der Waals surface area contributed by atoms with Crippen molar-refractivity contribution in [3.63, 3.8) is 0 Å². The van der Waals surface area contributed by atoms with Gasteiger partial charge in [-0.1, -0.05) is 30.3 Å². The topological polar surface area (TPSA) is 90.6 Å². The summed E-state index contributed by atoms with van der Waals surface area (Å²) in [5, 5.41) is 13.8. The Kier molecular flexibility index (Phi) is 9.55. The number of hydrogen-bond donors (Lipinski definition) is 1. The number of allylic oxidation sites excluding steroid dienone is 1. The summed E-state index contributed by atoms with van der Waals surface area (Å²) in [4.78, 5) is 21.4. The van der Waals surface area contributed by atoms with E-state index in [0.717, 1.165) is 11.8 Å². The molecule has 1 N–H and O–H groups in total. The summed E-state index contributed by atoms with van der Waals surface area (Å²) in [5.41, 5.74) is 1.78. The minimum atomic E-state index is -4.61. The number of likely N-dealkylation sites (tertiary alicyclic amines) is 2. The van der Waals surface area contributed by atoms with Gasteiger partial charge < -0.3 is 15.0 Å². The lowest BCUT2D eigenvalue weighted by atomic mass is 9.84. The lowest BCUT2D eigenvalue weighted by Gasteiger charge is -2.34. The number of methoxy groups -OCH3 is 1. The van der Waals surface area contributed by atoms with Crippen LogP contribution in [0.3, 0.4) is 0 Å². The number of imidazole rings is 1. The summed E-state index contributed by atoms with van der Waals surface area (Å²) >= 11 is 0. The predicted molar refractivity (Wildman–Crippen MR) is 192 cm³/mol. The van der Waals surface area contributed by atoms with Crippen LogP contribution >= 0.6 is 0 Å². The van der Waals surface area contributed by atoms with E-state index >= 15 is 0 Å². The molecule has 0 bridgehead atoms. The van der Waals surface area contributed by atoms with Gasteiger partial charge in [0.05, 0.1) is 24.4 Å². The van der Waals surface area contributed by atoms with Crippen LogP contribution in [-0.2, 0) is 12.4 Å². The average Bonchev–Trinajstić information content (AvgIpc) is 3.81. The van der Waals surface area contributed by atoms with Crippen LogP contribution in [0.25, 0.3) is 11.2 Å². The van der Waals surface area contributed by atoms with E-state index in [-0.39, 0.29) is 36.2 Å². The van der Waals surface area contributed by atoms with Crippen LogP contribution < -0.4 is 10.1 Å². The molecule has 0 radical (unpaired) electrons. The number of nitrogens with one attached hydrogen (secondary N) is 1. The van der Waals surface area contributed by atoms with E-state index in [0.29, 0.717) is 73.5 Å². The number of halogens is 6. The molecule has 2 fully saturated rings. The maximum Gasteiger partial charge on any atom is 0.416 e. The molecule has 1 amide bonds. The van der Waals surface area contributed by atoms with Crippen LogP contribution in [-0.4, -0.2) is 87.5 Å². The Morgan fingerprint density at radius 1 is 0.873 bits per heavy atom. The van der Waals surface area contributed by atoms with Crippen molar-refractivity contribution >= 4 is 23.3 Å². The number of nitrogens with zero attached hydrogens (tertiary/aromatic N) is 7. The maximum absolute atomic E-state index is 14.7. The number of hydrazone groups is 1. The van der Waals surface area contributed by atoms with Gasteiger partial charge in [-0.05, 0) is 91.6 Å². The van der Waals surface area contributed by atoms with E-state index in [1.807, 2.05) is 6.20 Å². The Morgan fingerprint density at radius 2 is 1.56 bits per heavy atom. The Balaban J connectivity index is 0.912. The fourth-order valence-electron chi connectivity index (χ4n) is 8.18. The molecular formula is C39H38F6N8O2. The lowest BCUT2D eigenvalue weighted by Crippen LogP contribution is -2.40. The van der Waals surface area contributed by atoms with Crippen molar-refractivity contribution in [3.05, 3.63) is 112 Å². The van der Waals surface area contributed by atoms with Crippen LogP contribution in [0.4, 0.5) is 26.3 Å². The predicted octanol–water partition coefficient (Wildman–Crippen LogP) is 7.13. The highest BCUT2D eigenvalue weighted by Gasteiger charge is 2.39. The molecule has 10 nitrogen and oxygen atoms in total. The summed E-state index contributed by atoms with van der Waals surface area (Å²) < 4.78 is 91.6. The average molecular weight is 765 g/mol. The number of carbonyl (C=O) groups is 1. The fraction of sp³-hybridized carbons (Fsp3) is 0.385. The Labute approximate surface area is 312 Å². The number of carbonyl (C=O) groups excluding carboxylic acids is 1. The van der Waals surface area contributed by atoms with Gasteiger partial charge >= 0.3 is 12.4 Å². The first kappa shape index (κ1) is 36.6.